The number of rotatable bonds is 1. The first kappa shape index (κ1) is 11.1. The Balaban J connectivity index is 2.19. The standard InChI is InChI=1S/C18H12N2/c1-2-6-15-13(4-1)10-17(14-5-3-8-19-11-14)16-7-9-20-12-18(15)16/h1-12H. The molecule has 0 unspecified atom stereocenters. The van der Waals surface area contributed by atoms with Crippen LogP contribution in [0, 0.1) is 0 Å². The average Bonchev–Trinajstić information content (AvgIpc) is 2.55. The molecule has 0 saturated carbocycles. The van der Waals surface area contributed by atoms with Gasteiger partial charge in [-0.15, -0.1) is 0 Å². The van der Waals surface area contributed by atoms with Gasteiger partial charge in [0.2, 0.25) is 0 Å². The Morgan fingerprint density at radius 1 is 0.650 bits per heavy atom. The minimum absolute atomic E-state index is 1.13. The first-order chi connectivity index (χ1) is 9.93. The van der Waals surface area contributed by atoms with Gasteiger partial charge in [-0.25, -0.2) is 0 Å². The molecule has 94 valence electrons. The summed E-state index contributed by atoms with van der Waals surface area (Å²) >= 11 is 0. The van der Waals surface area contributed by atoms with Crippen molar-refractivity contribution in [2.45, 2.75) is 0 Å². The van der Waals surface area contributed by atoms with Gasteiger partial charge in [-0.1, -0.05) is 30.3 Å². The topological polar surface area (TPSA) is 25.8 Å². The first-order valence-electron chi connectivity index (χ1n) is 6.59. The van der Waals surface area contributed by atoms with Gasteiger partial charge in [-0.2, -0.15) is 0 Å². The summed E-state index contributed by atoms with van der Waals surface area (Å²) in [5.41, 5.74) is 2.34. The van der Waals surface area contributed by atoms with E-state index >= 15 is 0 Å². The van der Waals surface area contributed by atoms with E-state index in [1.54, 1.807) is 6.20 Å². The van der Waals surface area contributed by atoms with Gasteiger partial charge in [0.05, 0.1) is 0 Å². The van der Waals surface area contributed by atoms with E-state index in [4.69, 9.17) is 0 Å². The molecule has 0 radical (unpaired) electrons. The SMILES string of the molecule is c1cncc(-c2cc3ccccc3c3cnccc23)c1. The summed E-state index contributed by atoms with van der Waals surface area (Å²) in [6.45, 7) is 0. The highest BCUT2D eigenvalue weighted by Crippen LogP contribution is 2.33. The Kier molecular flexibility index (Phi) is 2.46. The molecule has 0 spiro atoms. The molecule has 2 aromatic carbocycles. The fraction of sp³-hybridized carbons (Fsp3) is 0. The van der Waals surface area contributed by atoms with Crippen molar-refractivity contribution in [2.75, 3.05) is 0 Å². The summed E-state index contributed by atoms with van der Waals surface area (Å²) in [5, 5.41) is 4.87. The fourth-order valence-corrected chi connectivity index (χ4v) is 2.71. The summed E-state index contributed by atoms with van der Waals surface area (Å²) < 4.78 is 0. The zero-order chi connectivity index (χ0) is 13.4. The molecule has 2 nitrogen and oxygen atoms in total. The second kappa shape index (κ2) is 4.42. The highest BCUT2D eigenvalue weighted by atomic mass is 14.6. The molecule has 0 amide bonds. The lowest BCUT2D eigenvalue weighted by Gasteiger charge is -2.10. The summed E-state index contributed by atoms with van der Waals surface area (Å²) in [5.74, 6) is 0. The van der Waals surface area contributed by atoms with E-state index in [2.05, 4.69) is 52.4 Å². The predicted octanol–water partition coefficient (Wildman–Crippen LogP) is 4.45. The van der Waals surface area contributed by atoms with Gasteiger partial charge in [0.25, 0.3) is 0 Å². The highest BCUT2D eigenvalue weighted by Gasteiger charge is 2.08. The van der Waals surface area contributed by atoms with E-state index in [1.165, 1.54) is 27.1 Å². The van der Waals surface area contributed by atoms with Gasteiger partial charge in [-0.05, 0) is 39.9 Å². The van der Waals surface area contributed by atoms with Crippen molar-refractivity contribution in [3.63, 3.8) is 0 Å². The van der Waals surface area contributed by atoms with Crippen LogP contribution in [0.1, 0.15) is 0 Å². The number of nitrogens with zero attached hydrogens (tertiary/aromatic N) is 2. The second-order valence-corrected chi connectivity index (χ2v) is 4.81. The van der Waals surface area contributed by atoms with Crippen LogP contribution in [0.5, 0.6) is 0 Å². The van der Waals surface area contributed by atoms with Crippen molar-refractivity contribution < 1.29 is 0 Å². The van der Waals surface area contributed by atoms with Crippen molar-refractivity contribution in [1.29, 1.82) is 0 Å². The quantitative estimate of drug-likeness (QED) is 0.470. The molecule has 0 saturated heterocycles. The molecule has 0 aliphatic carbocycles. The van der Waals surface area contributed by atoms with Crippen molar-refractivity contribution in [2.24, 2.45) is 0 Å². The lowest BCUT2D eigenvalue weighted by atomic mass is 9.95. The van der Waals surface area contributed by atoms with Crippen LogP contribution in [0.15, 0.2) is 73.3 Å². The Bertz CT molecular complexity index is 899. The Hall–Kier alpha value is -2.74. The minimum Gasteiger partial charge on any atom is -0.264 e. The smallest absolute Gasteiger partial charge is 0.0352 e. The van der Waals surface area contributed by atoms with Crippen LogP contribution in [0.2, 0.25) is 0 Å². The van der Waals surface area contributed by atoms with E-state index < -0.39 is 0 Å². The normalized spacial score (nSPS) is 11.0. The van der Waals surface area contributed by atoms with Crippen molar-refractivity contribution in [3.05, 3.63) is 73.3 Å². The molecule has 2 aromatic heterocycles. The second-order valence-electron chi connectivity index (χ2n) is 4.81. The molecular weight excluding hydrogens is 244 g/mol. The molecule has 2 heterocycles. The van der Waals surface area contributed by atoms with E-state index in [-0.39, 0.29) is 0 Å². The van der Waals surface area contributed by atoms with Crippen LogP contribution in [0.25, 0.3) is 32.7 Å². The number of hydrogen-bond donors (Lipinski definition) is 0. The van der Waals surface area contributed by atoms with E-state index in [0.717, 1.165) is 5.56 Å². The highest BCUT2D eigenvalue weighted by molar-refractivity contribution is 6.13. The van der Waals surface area contributed by atoms with E-state index in [0.29, 0.717) is 0 Å². The lowest BCUT2D eigenvalue weighted by molar-refractivity contribution is 1.33. The minimum atomic E-state index is 1.13. The molecular formula is C18H12N2. The summed E-state index contributed by atoms with van der Waals surface area (Å²) in [4.78, 5) is 8.51. The Morgan fingerprint density at radius 3 is 2.45 bits per heavy atom. The molecule has 20 heavy (non-hydrogen) atoms. The van der Waals surface area contributed by atoms with Crippen molar-refractivity contribution in [3.8, 4) is 11.1 Å². The Labute approximate surface area is 116 Å². The number of fused-ring (bicyclic) bond motifs is 3. The number of benzene rings is 2. The summed E-state index contributed by atoms with van der Waals surface area (Å²) in [6, 6.07) is 16.8. The van der Waals surface area contributed by atoms with Gasteiger partial charge in [0.15, 0.2) is 0 Å². The third-order valence-corrected chi connectivity index (χ3v) is 3.63. The molecule has 0 bridgehead atoms. The van der Waals surface area contributed by atoms with Crippen LogP contribution < -0.4 is 0 Å². The zero-order valence-electron chi connectivity index (χ0n) is 10.8. The first-order valence-corrected chi connectivity index (χ1v) is 6.59. The monoisotopic (exact) mass is 256 g/mol. The molecule has 4 rings (SSSR count). The van der Waals surface area contributed by atoms with Gasteiger partial charge in [0, 0.05) is 35.7 Å². The largest absolute Gasteiger partial charge is 0.264 e. The summed E-state index contributed by atoms with van der Waals surface area (Å²) in [6.07, 6.45) is 7.49. The predicted molar refractivity (Wildman–Crippen MR) is 82.5 cm³/mol. The van der Waals surface area contributed by atoms with Crippen LogP contribution in [0.4, 0.5) is 0 Å². The molecule has 0 N–H and O–H groups in total. The summed E-state index contributed by atoms with van der Waals surface area (Å²) in [7, 11) is 0. The maximum Gasteiger partial charge on any atom is 0.0352 e. The third kappa shape index (κ3) is 1.66. The molecule has 0 aliphatic heterocycles. The number of pyridine rings is 2. The molecule has 2 heteroatoms. The van der Waals surface area contributed by atoms with Crippen molar-refractivity contribution in [1.82, 2.24) is 9.97 Å². The maximum absolute atomic E-state index is 4.28. The van der Waals surface area contributed by atoms with Crippen molar-refractivity contribution >= 4 is 21.5 Å². The molecule has 0 fully saturated rings. The van der Waals surface area contributed by atoms with Gasteiger partial charge in [0.1, 0.15) is 0 Å². The molecule has 0 atom stereocenters. The number of aromatic nitrogens is 2. The Morgan fingerprint density at radius 2 is 1.55 bits per heavy atom. The van der Waals surface area contributed by atoms with Gasteiger partial charge < -0.3 is 0 Å². The van der Waals surface area contributed by atoms with Gasteiger partial charge in [-0.3, -0.25) is 9.97 Å². The third-order valence-electron chi connectivity index (χ3n) is 3.63. The van der Waals surface area contributed by atoms with Gasteiger partial charge >= 0.3 is 0 Å². The molecule has 4 aromatic rings. The zero-order valence-corrected chi connectivity index (χ0v) is 10.8. The van der Waals surface area contributed by atoms with Crippen LogP contribution >= 0.6 is 0 Å². The van der Waals surface area contributed by atoms with Crippen LogP contribution in [-0.4, -0.2) is 9.97 Å². The fourth-order valence-electron chi connectivity index (χ4n) is 2.71. The number of hydrogen-bond acceptors (Lipinski definition) is 2. The van der Waals surface area contributed by atoms with Crippen LogP contribution in [0.3, 0.4) is 0 Å². The molecule has 0 aliphatic rings. The maximum atomic E-state index is 4.28. The van der Waals surface area contributed by atoms with Crippen LogP contribution in [-0.2, 0) is 0 Å². The van der Waals surface area contributed by atoms with E-state index in [1.807, 2.05) is 24.7 Å². The van der Waals surface area contributed by atoms with E-state index in [9.17, 15) is 0 Å². The lowest BCUT2D eigenvalue weighted by Crippen LogP contribution is -1.86. The average molecular weight is 256 g/mol.